The molecule has 0 aromatic rings. The molecule has 0 aromatic carbocycles. The van der Waals surface area contributed by atoms with Crippen LogP contribution < -0.4 is 5.11 Å². The molecule has 3 heteroatoms. The van der Waals surface area contributed by atoms with Crippen LogP contribution in [0.3, 0.4) is 0 Å². The SMILES string of the molecule is C=C([O-])C(=O)Cl. The van der Waals surface area contributed by atoms with E-state index in [2.05, 4.69) is 18.2 Å². The number of carbonyl (C=O) groups excluding carboxylic acids is 1. The Morgan fingerprint density at radius 2 is 2.00 bits per heavy atom. The van der Waals surface area contributed by atoms with Crippen molar-refractivity contribution in [3.8, 4) is 0 Å². The van der Waals surface area contributed by atoms with E-state index in [4.69, 9.17) is 0 Å². The van der Waals surface area contributed by atoms with Crippen molar-refractivity contribution in [2.45, 2.75) is 0 Å². The topological polar surface area (TPSA) is 40.1 Å². The summed E-state index contributed by atoms with van der Waals surface area (Å²) in [5, 5.41) is 8.53. The molecule has 0 unspecified atom stereocenters. The maximum Gasteiger partial charge on any atom is 0.236 e. The Morgan fingerprint density at radius 3 is 2.00 bits per heavy atom. The van der Waals surface area contributed by atoms with Gasteiger partial charge in [0.1, 0.15) is 0 Å². The minimum absolute atomic E-state index is 0.864. The number of carbonyl (C=O) groups is 1. The molecule has 0 rings (SSSR count). The highest BCUT2D eigenvalue weighted by Gasteiger charge is 1.82. The first-order valence-electron chi connectivity index (χ1n) is 1.20. The summed E-state index contributed by atoms with van der Waals surface area (Å²) >= 11 is 4.56. The first-order chi connectivity index (χ1) is 2.64. The summed E-state index contributed by atoms with van der Waals surface area (Å²) in [6, 6.07) is 0. The van der Waals surface area contributed by atoms with E-state index in [0.717, 1.165) is 0 Å². The number of halogens is 1. The lowest BCUT2D eigenvalue weighted by Crippen LogP contribution is -2.07. The van der Waals surface area contributed by atoms with E-state index in [1.54, 1.807) is 0 Å². The van der Waals surface area contributed by atoms with Gasteiger partial charge in [0.15, 0.2) is 0 Å². The second-order valence-electron chi connectivity index (χ2n) is 0.697. The molecule has 0 aliphatic heterocycles. The fourth-order valence-electron chi connectivity index (χ4n) is 0. The molecule has 0 amide bonds. The van der Waals surface area contributed by atoms with E-state index in [9.17, 15) is 9.90 Å². The molecule has 0 atom stereocenters. The molecule has 0 fully saturated rings. The lowest BCUT2D eigenvalue weighted by molar-refractivity contribution is -0.295. The molecule has 0 aliphatic carbocycles. The summed E-state index contributed by atoms with van der Waals surface area (Å²) in [7, 11) is 0. The highest BCUT2D eigenvalue weighted by molar-refractivity contribution is 6.67. The van der Waals surface area contributed by atoms with Crippen LogP contribution in [-0.4, -0.2) is 5.24 Å². The monoisotopic (exact) mass is 105 g/mol. The number of allylic oxidation sites excluding steroid dienone is 1. The zero-order valence-electron chi connectivity index (χ0n) is 2.90. The van der Waals surface area contributed by atoms with Crippen LogP contribution in [0.25, 0.3) is 0 Å². The average Bonchev–Trinajstić information content (AvgIpc) is 1.36. The van der Waals surface area contributed by atoms with Crippen molar-refractivity contribution in [3.05, 3.63) is 12.3 Å². The van der Waals surface area contributed by atoms with E-state index in [0.29, 0.717) is 0 Å². The van der Waals surface area contributed by atoms with Gasteiger partial charge in [-0.15, -0.1) is 6.58 Å². The molecule has 0 heterocycles. The fourth-order valence-corrected chi connectivity index (χ4v) is 0. The predicted molar refractivity (Wildman–Crippen MR) is 20.0 cm³/mol. The highest BCUT2D eigenvalue weighted by atomic mass is 35.5. The van der Waals surface area contributed by atoms with Crippen molar-refractivity contribution in [1.82, 2.24) is 0 Å². The van der Waals surface area contributed by atoms with E-state index in [1.807, 2.05) is 0 Å². The summed E-state index contributed by atoms with van der Waals surface area (Å²) in [5.41, 5.74) is 0. The van der Waals surface area contributed by atoms with E-state index < -0.39 is 11.0 Å². The van der Waals surface area contributed by atoms with Gasteiger partial charge >= 0.3 is 0 Å². The lowest BCUT2D eigenvalue weighted by Gasteiger charge is -1.96. The summed E-state index contributed by atoms with van der Waals surface area (Å²) in [6.45, 7) is 2.72. The van der Waals surface area contributed by atoms with Crippen LogP contribution in [0.5, 0.6) is 0 Å². The van der Waals surface area contributed by atoms with E-state index >= 15 is 0 Å². The third-order valence-corrected chi connectivity index (χ3v) is 0.430. The van der Waals surface area contributed by atoms with Gasteiger partial charge < -0.3 is 5.11 Å². The van der Waals surface area contributed by atoms with Crippen LogP contribution in [0.1, 0.15) is 0 Å². The summed E-state index contributed by atoms with van der Waals surface area (Å²) < 4.78 is 0. The summed E-state index contributed by atoms with van der Waals surface area (Å²) in [4.78, 5) is 9.50. The molecule has 6 heavy (non-hydrogen) atoms. The molecule has 0 saturated heterocycles. The van der Waals surface area contributed by atoms with E-state index in [-0.39, 0.29) is 0 Å². The average molecular weight is 106 g/mol. The second-order valence-corrected chi connectivity index (χ2v) is 1.04. The molecule has 34 valence electrons. The van der Waals surface area contributed by atoms with Gasteiger partial charge in [-0.25, -0.2) is 0 Å². The van der Waals surface area contributed by atoms with Gasteiger partial charge in [0, 0.05) is 0 Å². The van der Waals surface area contributed by atoms with Gasteiger partial charge in [-0.1, -0.05) is 5.76 Å². The predicted octanol–water partition coefficient (Wildman–Crippen LogP) is -0.374. The minimum atomic E-state index is -1.02. The van der Waals surface area contributed by atoms with Crippen molar-refractivity contribution in [2.24, 2.45) is 0 Å². The maximum absolute atomic E-state index is 9.55. The zero-order chi connectivity index (χ0) is 5.15. The Kier molecular flexibility index (Phi) is 1.67. The van der Waals surface area contributed by atoms with Crippen LogP contribution in [-0.2, 0) is 4.79 Å². The van der Waals surface area contributed by atoms with Crippen LogP contribution in [0, 0.1) is 0 Å². The number of hydrogen-bond donors (Lipinski definition) is 0. The van der Waals surface area contributed by atoms with Crippen LogP contribution in [0.2, 0.25) is 0 Å². The Bertz CT molecular complexity index is 74.8. The fraction of sp³-hybridized carbons (Fsp3) is 0. The number of hydrogen-bond acceptors (Lipinski definition) is 2. The van der Waals surface area contributed by atoms with Crippen molar-refractivity contribution in [1.29, 1.82) is 0 Å². The second kappa shape index (κ2) is 1.82. The third-order valence-electron chi connectivity index (χ3n) is 0.219. The van der Waals surface area contributed by atoms with Gasteiger partial charge in [-0.2, -0.15) is 0 Å². The highest BCUT2D eigenvalue weighted by Crippen LogP contribution is 1.82. The largest absolute Gasteiger partial charge is 0.870 e. The molecular weight excluding hydrogens is 103 g/mol. The van der Waals surface area contributed by atoms with Gasteiger partial charge in [-0.3, -0.25) is 4.79 Å². The minimum Gasteiger partial charge on any atom is -0.870 e. The van der Waals surface area contributed by atoms with Crippen molar-refractivity contribution in [3.63, 3.8) is 0 Å². The van der Waals surface area contributed by atoms with Crippen LogP contribution in [0.4, 0.5) is 0 Å². The first-order valence-corrected chi connectivity index (χ1v) is 1.58. The first kappa shape index (κ1) is 5.50. The molecule has 0 aromatic heterocycles. The molecule has 2 nitrogen and oxygen atoms in total. The molecule has 0 radical (unpaired) electrons. The maximum atomic E-state index is 9.55. The van der Waals surface area contributed by atoms with Gasteiger partial charge in [0.05, 0.1) is 0 Å². The standard InChI is InChI=1S/C3H3ClO2/c1-2(5)3(4)6/h5H,1H2/p-1. The Labute approximate surface area is 40.0 Å². The van der Waals surface area contributed by atoms with Crippen LogP contribution in [0.15, 0.2) is 12.3 Å². The molecule has 0 spiro atoms. The number of rotatable bonds is 1. The molecule has 0 N–H and O–H groups in total. The van der Waals surface area contributed by atoms with E-state index in [1.165, 1.54) is 0 Å². The molecule has 0 bridgehead atoms. The quantitative estimate of drug-likeness (QED) is 0.259. The molecule has 0 aliphatic rings. The lowest BCUT2D eigenvalue weighted by atomic mass is 10.6. The third kappa shape index (κ3) is 1.79. The van der Waals surface area contributed by atoms with Gasteiger partial charge in [0.25, 0.3) is 0 Å². The van der Waals surface area contributed by atoms with Crippen molar-refractivity contribution in [2.75, 3.05) is 0 Å². The van der Waals surface area contributed by atoms with Crippen molar-refractivity contribution >= 4 is 16.8 Å². The molecular formula is C3H2ClO2-. The van der Waals surface area contributed by atoms with Crippen LogP contribution >= 0.6 is 11.6 Å². The van der Waals surface area contributed by atoms with Gasteiger partial charge in [0.2, 0.25) is 5.24 Å². The smallest absolute Gasteiger partial charge is 0.236 e. The summed E-state index contributed by atoms with van der Waals surface area (Å²) in [6.07, 6.45) is 0. The molecule has 0 saturated carbocycles. The Hall–Kier alpha value is -0.500. The Morgan fingerprint density at radius 1 is 1.83 bits per heavy atom. The summed E-state index contributed by atoms with van der Waals surface area (Å²) in [5.74, 6) is -0.864. The van der Waals surface area contributed by atoms with Crippen molar-refractivity contribution < 1.29 is 9.90 Å². The normalized spacial score (nSPS) is 7.50. The van der Waals surface area contributed by atoms with Gasteiger partial charge in [-0.05, 0) is 11.6 Å². The Balaban J connectivity index is 3.57. The zero-order valence-corrected chi connectivity index (χ0v) is 3.66.